The van der Waals surface area contributed by atoms with Crippen molar-refractivity contribution in [3.8, 4) is 11.5 Å². The van der Waals surface area contributed by atoms with Crippen LogP contribution >= 0.6 is 0 Å². The van der Waals surface area contributed by atoms with Crippen molar-refractivity contribution in [3.63, 3.8) is 0 Å². The Balaban J connectivity index is 1.42. The van der Waals surface area contributed by atoms with Gasteiger partial charge >= 0.3 is 0 Å². The lowest BCUT2D eigenvalue weighted by molar-refractivity contribution is -0.384. The first-order valence-electron chi connectivity index (χ1n) is 9.65. The van der Waals surface area contributed by atoms with E-state index in [4.69, 9.17) is 4.52 Å². The summed E-state index contributed by atoms with van der Waals surface area (Å²) in [5, 5.41) is 15.6. The Kier molecular flexibility index (Phi) is 5.70. The fourth-order valence-electron chi connectivity index (χ4n) is 3.51. The number of nitro groups is 1. The van der Waals surface area contributed by atoms with Gasteiger partial charge in [-0.3, -0.25) is 15.0 Å². The highest BCUT2D eigenvalue weighted by atomic mass is 32.2. The second kappa shape index (κ2) is 8.44. The van der Waals surface area contributed by atoms with Gasteiger partial charge in [0.25, 0.3) is 11.6 Å². The number of hydrogen-bond acceptors (Lipinski definition) is 9. The zero-order valence-electron chi connectivity index (χ0n) is 16.8. The van der Waals surface area contributed by atoms with Gasteiger partial charge in [-0.25, -0.2) is 8.42 Å². The fraction of sp³-hybridized carbons (Fsp3) is 0.300. The van der Waals surface area contributed by atoms with Gasteiger partial charge in [-0.2, -0.15) is 4.98 Å². The number of rotatable bonds is 6. The van der Waals surface area contributed by atoms with Crippen LogP contribution in [0.3, 0.4) is 0 Å². The highest BCUT2D eigenvalue weighted by molar-refractivity contribution is 7.90. The molecule has 2 aromatic carbocycles. The Hall–Kier alpha value is -3.31. The number of sulfone groups is 1. The summed E-state index contributed by atoms with van der Waals surface area (Å²) in [6.07, 6.45) is 1.03. The third-order valence-corrected chi connectivity index (χ3v) is 6.25. The highest BCUT2D eigenvalue weighted by Gasteiger charge is 2.26. The van der Waals surface area contributed by atoms with Crippen molar-refractivity contribution >= 4 is 21.2 Å². The van der Waals surface area contributed by atoms with E-state index in [0.29, 0.717) is 50.1 Å². The van der Waals surface area contributed by atoms with Gasteiger partial charge in [0.05, 0.1) is 16.4 Å². The van der Waals surface area contributed by atoms with Crippen molar-refractivity contribution in [1.29, 1.82) is 0 Å². The number of piperazine rings is 1. The molecule has 1 aliphatic rings. The molecule has 11 heteroatoms. The van der Waals surface area contributed by atoms with Gasteiger partial charge in [0, 0.05) is 44.1 Å². The van der Waals surface area contributed by atoms with Crippen molar-refractivity contribution in [3.05, 3.63) is 64.5 Å². The van der Waals surface area contributed by atoms with E-state index in [1.165, 1.54) is 12.1 Å². The van der Waals surface area contributed by atoms with Gasteiger partial charge in [0.2, 0.25) is 0 Å². The van der Waals surface area contributed by atoms with E-state index in [2.05, 4.69) is 15.0 Å². The third kappa shape index (κ3) is 4.72. The normalized spacial score (nSPS) is 15.2. The lowest BCUT2D eigenvalue weighted by Gasteiger charge is -2.35. The summed E-state index contributed by atoms with van der Waals surface area (Å²) in [5.41, 5.74) is 1.07. The van der Waals surface area contributed by atoms with Crippen LogP contribution in [0.2, 0.25) is 0 Å². The Morgan fingerprint density at radius 3 is 2.45 bits per heavy atom. The first kappa shape index (κ1) is 20.9. The maximum Gasteiger partial charge on any atom is 0.293 e. The molecule has 3 aromatic rings. The van der Waals surface area contributed by atoms with Crippen LogP contribution in [-0.2, 0) is 16.4 Å². The number of aromatic nitrogens is 2. The van der Waals surface area contributed by atoms with Crippen molar-refractivity contribution in [2.75, 3.05) is 37.3 Å². The topological polar surface area (TPSA) is 123 Å². The van der Waals surface area contributed by atoms with Crippen LogP contribution < -0.4 is 4.90 Å². The molecule has 0 aliphatic carbocycles. The van der Waals surface area contributed by atoms with E-state index < -0.39 is 14.8 Å². The molecule has 0 saturated carbocycles. The van der Waals surface area contributed by atoms with E-state index in [0.717, 1.165) is 17.9 Å². The molecule has 0 atom stereocenters. The molecule has 0 N–H and O–H groups in total. The lowest BCUT2D eigenvalue weighted by atomic mass is 10.2. The SMILES string of the molecule is CS(=O)(=O)c1ccc(N2CCN(Cc3noc(-c4ccccc4)n3)CC2)c([N+](=O)[O-])c1. The minimum atomic E-state index is -3.52. The molecular formula is C20H21N5O5S. The average Bonchev–Trinajstić information content (AvgIpc) is 3.22. The predicted molar refractivity (Wildman–Crippen MR) is 113 cm³/mol. The molecule has 2 heterocycles. The molecule has 31 heavy (non-hydrogen) atoms. The summed E-state index contributed by atoms with van der Waals surface area (Å²) in [5.74, 6) is 1.05. The van der Waals surface area contributed by atoms with Gasteiger partial charge in [-0.05, 0) is 24.3 Å². The number of nitrogens with zero attached hydrogens (tertiary/aromatic N) is 5. The maximum atomic E-state index is 11.7. The van der Waals surface area contributed by atoms with Crippen LogP contribution in [0.4, 0.5) is 11.4 Å². The molecule has 162 valence electrons. The Morgan fingerprint density at radius 2 is 1.81 bits per heavy atom. The lowest BCUT2D eigenvalue weighted by Crippen LogP contribution is -2.46. The number of hydrogen-bond donors (Lipinski definition) is 0. The average molecular weight is 443 g/mol. The second-order valence-corrected chi connectivity index (χ2v) is 9.34. The molecule has 4 rings (SSSR count). The molecule has 0 amide bonds. The summed E-state index contributed by atoms with van der Waals surface area (Å²) in [4.78, 5) is 19.4. The van der Waals surface area contributed by atoms with E-state index >= 15 is 0 Å². The first-order valence-corrected chi connectivity index (χ1v) is 11.5. The van der Waals surface area contributed by atoms with E-state index in [1.807, 2.05) is 35.2 Å². The molecule has 0 unspecified atom stereocenters. The van der Waals surface area contributed by atoms with Crippen molar-refractivity contribution in [2.24, 2.45) is 0 Å². The summed E-state index contributed by atoms with van der Waals surface area (Å²) < 4.78 is 28.8. The minimum Gasteiger partial charge on any atom is -0.363 e. The third-order valence-electron chi connectivity index (χ3n) is 5.14. The quantitative estimate of drug-likeness (QED) is 0.417. The Labute approximate surface area is 179 Å². The van der Waals surface area contributed by atoms with Crippen LogP contribution in [0.5, 0.6) is 0 Å². The van der Waals surface area contributed by atoms with Crippen LogP contribution in [0, 0.1) is 10.1 Å². The van der Waals surface area contributed by atoms with Crippen molar-refractivity contribution in [2.45, 2.75) is 11.4 Å². The zero-order chi connectivity index (χ0) is 22.0. The van der Waals surface area contributed by atoms with Gasteiger partial charge in [-0.15, -0.1) is 0 Å². The molecule has 0 spiro atoms. The summed E-state index contributed by atoms with van der Waals surface area (Å²) >= 11 is 0. The van der Waals surface area contributed by atoms with Crippen LogP contribution in [0.1, 0.15) is 5.82 Å². The van der Waals surface area contributed by atoms with Crippen molar-refractivity contribution < 1.29 is 17.9 Å². The molecule has 10 nitrogen and oxygen atoms in total. The first-order chi connectivity index (χ1) is 14.8. The summed E-state index contributed by atoms with van der Waals surface area (Å²) in [6.45, 7) is 2.94. The molecule has 0 bridgehead atoms. The molecular weight excluding hydrogens is 422 g/mol. The van der Waals surface area contributed by atoms with Gasteiger partial charge in [0.15, 0.2) is 15.7 Å². The molecule has 1 saturated heterocycles. The Morgan fingerprint density at radius 1 is 1.10 bits per heavy atom. The monoisotopic (exact) mass is 443 g/mol. The second-order valence-electron chi connectivity index (χ2n) is 7.32. The predicted octanol–water partition coefficient (Wildman–Crippen LogP) is 2.37. The largest absolute Gasteiger partial charge is 0.363 e. The van der Waals surface area contributed by atoms with E-state index in [-0.39, 0.29) is 10.6 Å². The highest BCUT2D eigenvalue weighted by Crippen LogP contribution is 2.31. The van der Waals surface area contributed by atoms with Gasteiger partial charge in [-0.1, -0.05) is 23.4 Å². The number of benzene rings is 2. The standard InChI is InChI=1S/C20H21N5O5S/c1-31(28,29)16-7-8-17(18(13-16)25(26)27)24-11-9-23(10-12-24)14-19-21-20(30-22-19)15-5-3-2-4-6-15/h2-8,13H,9-12,14H2,1H3. The smallest absolute Gasteiger partial charge is 0.293 e. The molecule has 1 fully saturated rings. The summed E-state index contributed by atoms with van der Waals surface area (Å²) in [6, 6.07) is 13.6. The molecule has 1 aliphatic heterocycles. The van der Waals surface area contributed by atoms with Crippen LogP contribution in [0.15, 0.2) is 57.9 Å². The van der Waals surface area contributed by atoms with Gasteiger partial charge in [0.1, 0.15) is 5.69 Å². The number of nitro benzene ring substituents is 1. The molecule has 0 radical (unpaired) electrons. The van der Waals surface area contributed by atoms with Crippen LogP contribution in [0.25, 0.3) is 11.5 Å². The zero-order valence-corrected chi connectivity index (χ0v) is 17.7. The number of anilines is 1. The van der Waals surface area contributed by atoms with Crippen LogP contribution in [-0.4, -0.2) is 60.8 Å². The van der Waals surface area contributed by atoms with Gasteiger partial charge < -0.3 is 9.42 Å². The summed E-state index contributed by atoms with van der Waals surface area (Å²) in [7, 11) is -3.52. The Bertz CT molecular complexity index is 1190. The molecule has 1 aromatic heterocycles. The van der Waals surface area contributed by atoms with Crippen molar-refractivity contribution in [1.82, 2.24) is 15.0 Å². The minimum absolute atomic E-state index is 0.0621. The fourth-order valence-corrected chi connectivity index (χ4v) is 4.15. The maximum absolute atomic E-state index is 11.7. The van der Waals surface area contributed by atoms with E-state index in [1.54, 1.807) is 0 Å². The van der Waals surface area contributed by atoms with E-state index in [9.17, 15) is 18.5 Å².